The molecule has 0 atom stereocenters. The highest BCUT2D eigenvalue weighted by Gasteiger charge is 2.01. The smallest absolute Gasteiger partial charge is 0.124 e. The van der Waals surface area contributed by atoms with Crippen molar-refractivity contribution in [1.29, 1.82) is 0 Å². The van der Waals surface area contributed by atoms with E-state index in [9.17, 15) is 4.39 Å². The molecule has 0 aliphatic heterocycles. The second-order valence-corrected chi connectivity index (χ2v) is 5.00. The zero-order valence-electron chi connectivity index (χ0n) is 10.2. The molecule has 0 bridgehead atoms. The number of aromatic nitrogens is 2. The first-order valence-corrected chi connectivity index (χ1v) is 6.57. The Balaban J connectivity index is 1.78. The molecule has 96 valence electrons. The summed E-state index contributed by atoms with van der Waals surface area (Å²) in [7, 11) is 1.91. The van der Waals surface area contributed by atoms with Crippen molar-refractivity contribution in [3.8, 4) is 0 Å². The highest BCUT2D eigenvalue weighted by Crippen LogP contribution is 2.17. The Labute approximate surface area is 114 Å². The van der Waals surface area contributed by atoms with E-state index in [0.717, 1.165) is 28.7 Å². The summed E-state index contributed by atoms with van der Waals surface area (Å²) in [4.78, 5) is 0. The first-order valence-electron chi connectivity index (χ1n) is 5.78. The average Bonchev–Trinajstić information content (AvgIpc) is 2.73. The van der Waals surface area contributed by atoms with E-state index in [1.165, 1.54) is 12.1 Å². The third-order valence-electron chi connectivity index (χ3n) is 2.66. The van der Waals surface area contributed by atoms with E-state index < -0.39 is 0 Å². The van der Waals surface area contributed by atoms with Crippen molar-refractivity contribution in [2.24, 2.45) is 7.05 Å². The van der Waals surface area contributed by atoms with Crippen LogP contribution in [-0.2, 0) is 20.0 Å². The molecule has 0 unspecified atom stereocenters. The number of aryl methyl sites for hydroxylation is 1. The van der Waals surface area contributed by atoms with Crippen LogP contribution in [0.2, 0.25) is 0 Å². The Morgan fingerprint density at radius 2 is 2.22 bits per heavy atom. The Hall–Kier alpha value is -1.20. The minimum absolute atomic E-state index is 0.223. The second-order valence-electron chi connectivity index (χ2n) is 4.14. The topological polar surface area (TPSA) is 29.9 Å². The van der Waals surface area contributed by atoms with Crippen LogP contribution in [0, 0.1) is 5.82 Å². The Kier molecular flexibility index (Phi) is 4.49. The zero-order valence-corrected chi connectivity index (χ0v) is 11.7. The molecule has 0 saturated carbocycles. The van der Waals surface area contributed by atoms with E-state index in [-0.39, 0.29) is 5.82 Å². The van der Waals surface area contributed by atoms with Crippen LogP contribution < -0.4 is 5.32 Å². The Bertz CT molecular complexity index is 525. The van der Waals surface area contributed by atoms with Crippen LogP contribution in [0.1, 0.15) is 11.3 Å². The normalized spacial score (nSPS) is 10.8. The predicted octanol–water partition coefficient (Wildman–Crippen LogP) is 2.65. The van der Waals surface area contributed by atoms with Gasteiger partial charge < -0.3 is 5.32 Å². The maximum atomic E-state index is 12.9. The largest absolute Gasteiger partial charge is 0.312 e. The van der Waals surface area contributed by atoms with Crippen LogP contribution in [0.25, 0.3) is 0 Å². The third kappa shape index (κ3) is 3.65. The van der Waals surface area contributed by atoms with Crippen LogP contribution in [-0.4, -0.2) is 16.3 Å². The van der Waals surface area contributed by atoms with Gasteiger partial charge in [0.25, 0.3) is 0 Å². The molecule has 2 rings (SSSR count). The zero-order chi connectivity index (χ0) is 13.0. The van der Waals surface area contributed by atoms with Crippen molar-refractivity contribution < 1.29 is 4.39 Å². The summed E-state index contributed by atoms with van der Waals surface area (Å²) >= 11 is 3.35. The summed E-state index contributed by atoms with van der Waals surface area (Å²) < 4.78 is 15.5. The number of nitrogens with one attached hydrogen (secondary N) is 1. The minimum Gasteiger partial charge on any atom is -0.312 e. The summed E-state index contributed by atoms with van der Waals surface area (Å²) in [6, 6.07) is 6.75. The molecule has 1 aromatic heterocycles. The van der Waals surface area contributed by atoms with Crippen molar-refractivity contribution in [3.63, 3.8) is 0 Å². The van der Waals surface area contributed by atoms with Gasteiger partial charge >= 0.3 is 0 Å². The molecule has 5 heteroatoms. The molecule has 1 aromatic carbocycles. The monoisotopic (exact) mass is 311 g/mol. The lowest BCUT2D eigenvalue weighted by atomic mass is 10.2. The van der Waals surface area contributed by atoms with Gasteiger partial charge in [0, 0.05) is 37.2 Å². The average molecular weight is 312 g/mol. The number of hydrogen-bond donors (Lipinski definition) is 1. The van der Waals surface area contributed by atoms with Gasteiger partial charge in [-0.3, -0.25) is 4.68 Å². The van der Waals surface area contributed by atoms with Gasteiger partial charge in [0.2, 0.25) is 0 Å². The van der Waals surface area contributed by atoms with Crippen LogP contribution in [0.4, 0.5) is 4.39 Å². The molecule has 0 aliphatic carbocycles. The summed E-state index contributed by atoms with van der Waals surface area (Å²) in [5, 5.41) is 7.62. The van der Waals surface area contributed by atoms with Crippen LogP contribution in [0.3, 0.4) is 0 Å². The molecule has 0 saturated heterocycles. The third-order valence-corrected chi connectivity index (χ3v) is 3.40. The predicted molar refractivity (Wildman–Crippen MR) is 72.7 cm³/mol. The first-order chi connectivity index (χ1) is 8.65. The molecule has 0 fully saturated rings. The molecule has 18 heavy (non-hydrogen) atoms. The molecule has 2 aromatic rings. The van der Waals surface area contributed by atoms with Gasteiger partial charge in [0.05, 0.1) is 5.69 Å². The highest BCUT2D eigenvalue weighted by molar-refractivity contribution is 9.10. The van der Waals surface area contributed by atoms with Crippen molar-refractivity contribution >= 4 is 15.9 Å². The summed E-state index contributed by atoms with van der Waals surface area (Å²) in [6.07, 6.45) is 2.82. The van der Waals surface area contributed by atoms with Gasteiger partial charge in [-0.05, 0) is 23.8 Å². The van der Waals surface area contributed by atoms with Crippen molar-refractivity contribution in [3.05, 3.63) is 52.0 Å². The molecule has 1 N–H and O–H groups in total. The van der Waals surface area contributed by atoms with Gasteiger partial charge in [-0.25, -0.2) is 4.39 Å². The van der Waals surface area contributed by atoms with Crippen LogP contribution in [0.5, 0.6) is 0 Å². The van der Waals surface area contributed by atoms with Crippen molar-refractivity contribution in [1.82, 2.24) is 15.1 Å². The van der Waals surface area contributed by atoms with Crippen molar-refractivity contribution in [2.45, 2.75) is 13.0 Å². The van der Waals surface area contributed by atoms with Crippen LogP contribution >= 0.6 is 15.9 Å². The highest BCUT2D eigenvalue weighted by atomic mass is 79.9. The van der Waals surface area contributed by atoms with Crippen molar-refractivity contribution in [2.75, 3.05) is 6.54 Å². The van der Waals surface area contributed by atoms with Gasteiger partial charge in [0.1, 0.15) is 5.82 Å². The minimum atomic E-state index is -0.223. The molecule has 1 heterocycles. The SMILES string of the molecule is Cn1ccc(CCNCc2ccc(F)cc2Br)n1. The molecular weight excluding hydrogens is 297 g/mol. The Morgan fingerprint density at radius 1 is 1.39 bits per heavy atom. The molecule has 0 aliphatic rings. The van der Waals surface area contributed by atoms with Crippen LogP contribution in [0.15, 0.2) is 34.9 Å². The quantitative estimate of drug-likeness (QED) is 0.860. The van der Waals surface area contributed by atoms with Gasteiger partial charge in [-0.2, -0.15) is 5.10 Å². The number of nitrogens with zero attached hydrogens (tertiary/aromatic N) is 2. The summed E-state index contributed by atoms with van der Waals surface area (Å²) in [6.45, 7) is 1.56. The molecular formula is C13H15BrFN3. The standard InChI is InChI=1S/C13H15BrFN3/c1-18-7-5-12(17-18)4-6-16-9-10-2-3-11(15)8-13(10)14/h2-3,5,7-8,16H,4,6,9H2,1H3. The Morgan fingerprint density at radius 3 is 2.89 bits per heavy atom. The van der Waals surface area contributed by atoms with E-state index in [4.69, 9.17) is 0 Å². The molecule has 0 amide bonds. The van der Waals surface area contributed by atoms with E-state index in [2.05, 4.69) is 26.3 Å². The van der Waals surface area contributed by atoms with E-state index in [1.807, 2.05) is 19.3 Å². The number of halogens is 2. The fourth-order valence-corrected chi connectivity index (χ4v) is 2.19. The van der Waals surface area contributed by atoms with Gasteiger partial charge in [0.15, 0.2) is 0 Å². The molecule has 0 spiro atoms. The van der Waals surface area contributed by atoms with E-state index >= 15 is 0 Å². The maximum Gasteiger partial charge on any atom is 0.124 e. The number of rotatable bonds is 5. The van der Waals surface area contributed by atoms with E-state index in [0.29, 0.717) is 6.54 Å². The summed E-state index contributed by atoms with van der Waals surface area (Å²) in [5.74, 6) is -0.223. The fourth-order valence-electron chi connectivity index (χ4n) is 1.70. The van der Waals surface area contributed by atoms with Gasteiger partial charge in [-0.15, -0.1) is 0 Å². The number of benzene rings is 1. The second kappa shape index (κ2) is 6.11. The fraction of sp³-hybridized carbons (Fsp3) is 0.308. The lowest BCUT2D eigenvalue weighted by Crippen LogP contribution is -2.17. The maximum absolute atomic E-state index is 12.9. The lowest BCUT2D eigenvalue weighted by Gasteiger charge is -2.06. The van der Waals surface area contributed by atoms with Gasteiger partial charge in [-0.1, -0.05) is 22.0 Å². The lowest BCUT2D eigenvalue weighted by molar-refractivity contribution is 0.623. The van der Waals surface area contributed by atoms with E-state index in [1.54, 1.807) is 10.7 Å². The summed E-state index contributed by atoms with van der Waals surface area (Å²) in [5.41, 5.74) is 2.13. The number of hydrogen-bond acceptors (Lipinski definition) is 2. The first kappa shape index (κ1) is 13.2. The molecule has 3 nitrogen and oxygen atoms in total. The molecule has 0 radical (unpaired) electrons.